The van der Waals surface area contributed by atoms with Crippen molar-refractivity contribution in [3.05, 3.63) is 46.3 Å². The first-order valence-corrected chi connectivity index (χ1v) is 8.70. The molecule has 1 aliphatic rings. The van der Waals surface area contributed by atoms with Gasteiger partial charge >= 0.3 is 0 Å². The van der Waals surface area contributed by atoms with Crippen molar-refractivity contribution in [3.8, 4) is 0 Å². The number of aromatic amines is 1. The molecule has 1 aliphatic heterocycles. The van der Waals surface area contributed by atoms with E-state index in [0.29, 0.717) is 12.5 Å². The van der Waals surface area contributed by atoms with Crippen molar-refractivity contribution >= 4 is 16.9 Å². The lowest BCUT2D eigenvalue weighted by molar-refractivity contribution is 0.333. The van der Waals surface area contributed by atoms with Crippen molar-refractivity contribution in [1.82, 2.24) is 24.7 Å². The summed E-state index contributed by atoms with van der Waals surface area (Å²) in [5.41, 5.74) is 3.92. The van der Waals surface area contributed by atoms with Crippen molar-refractivity contribution in [2.45, 2.75) is 33.2 Å². The number of nitrogens with one attached hydrogen (secondary N) is 1. The molecule has 1 saturated heterocycles. The first-order valence-electron chi connectivity index (χ1n) is 8.70. The summed E-state index contributed by atoms with van der Waals surface area (Å²) in [4.78, 5) is 26.4. The third-order valence-corrected chi connectivity index (χ3v) is 4.88. The Balaban J connectivity index is 1.47. The van der Waals surface area contributed by atoms with E-state index < -0.39 is 0 Å². The lowest BCUT2D eigenvalue weighted by Gasteiger charge is -2.32. The molecule has 3 aromatic heterocycles. The molecule has 7 heteroatoms. The van der Waals surface area contributed by atoms with Crippen LogP contribution in [-0.4, -0.2) is 37.8 Å². The van der Waals surface area contributed by atoms with Crippen molar-refractivity contribution in [2.75, 3.05) is 18.0 Å². The molecule has 1 fully saturated rings. The first-order chi connectivity index (χ1) is 12.1. The van der Waals surface area contributed by atoms with E-state index in [1.807, 2.05) is 19.9 Å². The maximum Gasteiger partial charge on any atom is 0.266 e. The zero-order valence-electron chi connectivity index (χ0n) is 14.6. The number of anilines is 1. The second-order valence-corrected chi connectivity index (χ2v) is 6.84. The smallest absolute Gasteiger partial charge is 0.266 e. The van der Waals surface area contributed by atoms with Gasteiger partial charge in [-0.25, -0.2) is 14.6 Å². The van der Waals surface area contributed by atoms with Crippen molar-refractivity contribution in [3.63, 3.8) is 0 Å². The van der Waals surface area contributed by atoms with Crippen LogP contribution in [0.2, 0.25) is 0 Å². The van der Waals surface area contributed by atoms with E-state index in [0.717, 1.165) is 54.2 Å². The van der Waals surface area contributed by atoms with Gasteiger partial charge in [-0.15, -0.1) is 0 Å². The minimum atomic E-state index is -0.0209. The fourth-order valence-electron chi connectivity index (χ4n) is 3.55. The maximum absolute atomic E-state index is 11.9. The van der Waals surface area contributed by atoms with Crippen molar-refractivity contribution in [1.29, 1.82) is 0 Å². The lowest BCUT2D eigenvalue weighted by atomic mass is 9.97. The summed E-state index contributed by atoms with van der Waals surface area (Å²) in [6.45, 7) is 6.49. The average Bonchev–Trinajstić information content (AvgIpc) is 2.99. The predicted octanol–water partition coefficient (Wildman–Crippen LogP) is 2.05. The second-order valence-electron chi connectivity index (χ2n) is 6.84. The first kappa shape index (κ1) is 15.8. The summed E-state index contributed by atoms with van der Waals surface area (Å²) in [6, 6.07) is 5.41. The van der Waals surface area contributed by atoms with Gasteiger partial charge in [0.1, 0.15) is 11.8 Å². The van der Waals surface area contributed by atoms with Crippen molar-refractivity contribution in [2.24, 2.45) is 5.92 Å². The van der Waals surface area contributed by atoms with Crippen LogP contribution in [0.1, 0.15) is 24.2 Å². The number of fused-ring (bicyclic) bond motifs is 1. The van der Waals surface area contributed by atoms with Gasteiger partial charge in [0.2, 0.25) is 0 Å². The molecular formula is C18H22N6O. The van der Waals surface area contributed by atoms with Crippen molar-refractivity contribution < 1.29 is 0 Å². The predicted molar refractivity (Wildman–Crippen MR) is 96.8 cm³/mol. The molecule has 25 heavy (non-hydrogen) atoms. The minimum absolute atomic E-state index is 0.0209. The Labute approximate surface area is 145 Å². The van der Waals surface area contributed by atoms with E-state index in [9.17, 15) is 4.79 Å². The molecule has 7 nitrogen and oxygen atoms in total. The highest BCUT2D eigenvalue weighted by atomic mass is 16.1. The molecule has 4 heterocycles. The van der Waals surface area contributed by atoms with Crippen LogP contribution in [0.5, 0.6) is 0 Å². The van der Waals surface area contributed by atoms with Gasteiger partial charge in [0.05, 0.1) is 11.2 Å². The molecule has 0 amide bonds. The van der Waals surface area contributed by atoms with Gasteiger partial charge in [0.15, 0.2) is 5.82 Å². The molecule has 0 radical (unpaired) electrons. The lowest BCUT2D eigenvalue weighted by Crippen LogP contribution is -2.37. The summed E-state index contributed by atoms with van der Waals surface area (Å²) in [5.74, 6) is 1.44. The molecule has 0 unspecified atom stereocenters. The van der Waals surface area contributed by atoms with E-state index in [1.54, 1.807) is 23.1 Å². The standard InChI is InChI=1S/C18H22N6O/c1-12-3-4-16(25)24(22-12)10-14-5-7-23(8-6-14)18-17-15(19-11-20-18)9-13(2)21-17/h3-4,9,11,14,21H,5-8,10H2,1-2H3. The van der Waals surface area contributed by atoms with Crippen LogP contribution >= 0.6 is 0 Å². The highest BCUT2D eigenvalue weighted by Gasteiger charge is 2.23. The Morgan fingerprint density at radius 2 is 2.00 bits per heavy atom. The zero-order chi connectivity index (χ0) is 17.4. The number of hydrogen-bond donors (Lipinski definition) is 1. The molecule has 0 aliphatic carbocycles. The fraction of sp³-hybridized carbons (Fsp3) is 0.444. The summed E-state index contributed by atoms with van der Waals surface area (Å²) in [5, 5.41) is 4.35. The fourth-order valence-corrected chi connectivity index (χ4v) is 3.55. The Bertz CT molecular complexity index is 952. The third kappa shape index (κ3) is 3.14. The van der Waals surface area contributed by atoms with E-state index in [1.165, 1.54) is 0 Å². The molecule has 4 rings (SSSR count). The minimum Gasteiger partial charge on any atom is -0.355 e. The van der Waals surface area contributed by atoms with Crippen LogP contribution in [0.3, 0.4) is 0 Å². The second kappa shape index (κ2) is 6.31. The number of rotatable bonds is 3. The van der Waals surface area contributed by atoms with Crippen LogP contribution in [0.15, 0.2) is 29.3 Å². The topological polar surface area (TPSA) is 79.7 Å². The normalized spacial score (nSPS) is 15.8. The quantitative estimate of drug-likeness (QED) is 0.790. The molecule has 0 aromatic carbocycles. The van der Waals surface area contributed by atoms with Gasteiger partial charge in [-0.2, -0.15) is 5.10 Å². The summed E-state index contributed by atoms with van der Waals surface area (Å²) < 4.78 is 1.60. The molecule has 1 N–H and O–H groups in total. The number of piperidine rings is 1. The number of H-pyrrole nitrogens is 1. The van der Waals surface area contributed by atoms with Gasteiger partial charge in [0.25, 0.3) is 5.56 Å². The highest BCUT2D eigenvalue weighted by Crippen LogP contribution is 2.27. The summed E-state index contributed by atoms with van der Waals surface area (Å²) in [7, 11) is 0. The van der Waals surface area contributed by atoms with E-state index in [4.69, 9.17) is 0 Å². The summed E-state index contributed by atoms with van der Waals surface area (Å²) >= 11 is 0. The zero-order valence-corrected chi connectivity index (χ0v) is 14.6. The molecule has 0 bridgehead atoms. The molecule has 3 aromatic rings. The van der Waals surface area contributed by atoms with E-state index in [2.05, 4.69) is 25.0 Å². The van der Waals surface area contributed by atoms with Crippen LogP contribution in [0.25, 0.3) is 11.0 Å². The van der Waals surface area contributed by atoms with E-state index >= 15 is 0 Å². The summed E-state index contributed by atoms with van der Waals surface area (Å²) in [6.07, 6.45) is 3.67. The van der Waals surface area contributed by atoms with Gasteiger partial charge in [-0.1, -0.05) is 0 Å². The van der Waals surface area contributed by atoms with Crippen LogP contribution in [-0.2, 0) is 6.54 Å². The van der Waals surface area contributed by atoms with E-state index in [-0.39, 0.29) is 5.56 Å². The Morgan fingerprint density at radius 3 is 2.80 bits per heavy atom. The number of aryl methyl sites for hydroxylation is 2. The molecule has 0 spiro atoms. The van der Waals surface area contributed by atoms with Gasteiger partial charge < -0.3 is 9.88 Å². The Kier molecular flexibility index (Phi) is 3.99. The highest BCUT2D eigenvalue weighted by molar-refractivity contribution is 5.86. The number of hydrogen-bond acceptors (Lipinski definition) is 5. The van der Waals surface area contributed by atoms with Gasteiger partial charge in [-0.3, -0.25) is 4.79 Å². The maximum atomic E-state index is 11.9. The monoisotopic (exact) mass is 338 g/mol. The molecule has 0 saturated carbocycles. The van der Waals surface area contributed by atoms with Crippen LogP contribution in [0, 0.1) is 19.8 Å². The Morgan fingerprint density at radius 1 is 1.20 bits per heavy atom. The number of aromatic nitrogens is 5. The molecule has 130 valence electrons. The molecular weight excluding hydrogens is 316 g/mol. The van der Waals surface area contributed by atoms with Crippen LogP contribution in [0.4, 0.5) is 5.82 Å². The van der Waals surface area contributed by atoms with Crippen LogP contribution < -0.4 is 10.5 Å². The Hall–Kier alpha value is -2.70. The van der Waals surface area contributed by atoms with Gasteiger partial charge in [-0.05, 0) is 44.7 Å². The largest absolute Gasteiger partial charge is 0.355 e. The SMILES string of the molecule is Cc1ccc(=O)n(CC2CCN(c3ncnc4cc(C)[nH]c34)CC2)n1. The average molecular weight is 338 g/mol. The molecule has 0 atom stereocenters. The third-order valence-electron chi connectivity index (χ3n) is 4.88. The number of nitrogens with zero attached hydrogens (tertiary/aromatic N) is 5. The van der Waals surface area contributed by atoms with Gasteiger partial charge in [0, 0.05) is 31.4 Å².